The molecule has 0 radical (unpaired) electrons. The van der Waals surface area contributed by atoms with E-state index in [9.17, 15) is 24.3 Å². The predicted octanol–water partition coefficient (Wildman–Crippen LogP) is 3.19. The van der Waals surface area contributed by atoms with Crippen LogP contribution < -0.4 is 16.4 Å². The van der Waals surface area contributed by atoms with E-state index in [1.807, 2.05) is 13.0 Å². The van der Waals surface area contributed by atoms with E-state index in [1.54, 1.807) is 51.3 Å². The molecule has 250 valence electrons. The van der Waals surface area contributed by atoms with Crippen LogP contribution in [-0.4, -0.2) is 73.9 Å². The lowest BCUT2D eigenvalue weighted by Gasteiger charge is -2.30. The Labute approximate surface area is 269 Å². The van der Waals surface area contributed by atoms with Gasteiger partial charge in [-0.25, -0.2) is 4.79 Å². The fourth-order valence-electron chi connectivity index (χ4n) is 5.54. The molecule has 5 N–H and O–H groups in total. The molecule has 1 aliphatic heterocycles. The van der Waals surface area contributed by atoms with E-state index in [-0.39, 0.29) is 34.9 Å². The predicted molar refractivity (Wildman–Crippen MR) is 170 cm³/mol. The minimum Gasteiger partial charge on any atom is -0.469 e. The zero-order valence-electron chi connectivity index (χ0n) is 27.2. The highest BCUT2D eigenvalue weighted by molar-refractivity contribution is 6.23. The van der Waals surface area contributed by atoms with Crippen LogP contribution >= 0.6 is 0 Å². The summed E-state index contributed by atoms with van der Waals surface area (Å²) in [5, 5.41) is 17.0. The number of methoxy groups -OCH3 is 2. The highest BCUT2D eigenvalue weighted by Crippen LogP contribution is 2.29. The molecule has 0 saturated heterocycles. The Bertz CT molecular complexity index is 1420. The number of ketones is 2. The monoisotopic (exact) mass is 639 g/mol. The Balaban J connectivity index is 2.03. The number of hydrogen-bond acceptors (Lipinski definition) is 10. The van der Waals surface area contributed by atoms with Crippen molar-refractivity contribution in [2.24, 2.45) is 17.6 Å². The fourth-order valence-corrected chi connectivity index (χ4v) is 5.54. The fraction of sp³-hybridized carbons (Fsp3) is 0.471. The Morgan fingerprint density at radius 1 is 1.17 bits per heavy atom. The van der Waals surface area contributed by atoms with E-state index in [0.29, 0.717) is 25.0 Å². The molecule has 1 aromatic heterocycles. The normalized spacial score (nSPS) is 30.0. The van der Waals surface area contributed by atoms with Crippen molar-refractivity contribution < 1.29 is 42.9 Å². The Morgan fingerprint density at radius 3 is 2.54 bits per heavy atom. The van der Waals surface area contributed by atoms with Crippen LogP contribution in [0.3, 0.4) is 0 Å². The van der Waals surface area contributed by atoms with E-state index in [0.717, 1.165) is 11.8 Å². The first-order chi connectivity index (χ1) is 21.9. The van der Waals surface area contributed by atoms with Crippen molar-refractivity contribution in [3.05, 3.63) is 82.6 Å². The molecule has 2 heterocycles. The first kappa shape index (κ1) is 36.2. The second-order valence-electron chi connectivity index (χ2n) is 11.7. The number of fused-ring (bicyclic) bond motifs is 2. The molecule has 2 bridgehead atoms. The van der Waals surface area contributed by atoms with Crippen molar-refractivity contribution >= 4 is 23.6 Å². The van der Waals surface area contributed by atoms with Gasteiger partial charge in [-0.2, -0.15) is 0 Å². The number of carbonyl (C=O) groups excluding carboxylic acids is 4. The number of carbonyl (C=O) groups is 4. The van der Waals surface area contributed by atoms with Gasteiger partial charge in [0.2, 0.25) is 11.6 Å². The van der Waals surface area contributed by atoms with Crippen LogP contribution in [0.2, 0.25) is 0 Å². The summed E-state index contributed by atoms with van der Waals surface area (Å²) in [6.07, 6.45) is 5.79. The molecule has 1 aliphatic carbocycles. The molecule has 0 fully saturated rings. The van der Waals surface area contributed by atoms with Crippen molar-refractivity contribution in [1.82, 2.24) is 10.6 Å². The van der Waals surface area contributed by atoms with Gasteiger partial charge in [-0.3, -0.25) is 14.4 Å². The van der Waals surface area contributed by atoms with Gasteiger partial charge >= 0.3 is 6.09 Å². The van der Waals surface area contributed by atoms with Crippen LogP contribution in [0.5, 0.6) is 0 Å². The van der Waals surface area contributed by atoms with E-state index < -0.39 is 53.9 Å². The lowest BCUT2D eigenvalue weighted by Crippen LogP contribution is -2.38. The minimum absolute atomic E-state index is 0.134. The summed E-state index contributed by atoms with van der Waals surface area (Å²) >= 11 is 0. The summed E-state index contributed by atoms with van der Waals surface area (Å²) in [5.74, 6) is -1.45. The summed E-state index contributed by atoms with van der Waals surface area (Å²) < 4.78 is 22.0. The number of aliphatic hydroxyl groups excluding tert-OH is 1. The molecule has 0 saturated carbocycles. The molecule has 12 nitrogen and oxygen atoms in total. The molecule has 46 heavy (non-hydrogen) atoms. The highest BCUT2D eigenvalue weighted by Gasteiger charge is 2.33. The third-order valence-electron chi connectivity index (χ3n) is 8.05. The molecule has 2 amide bonds. The van der Waals surface area contributed by atoms with E-state index in [1.165, 1.54) is 20.3 Å². The van der Waals surface area contributed by atoms with E-state index in [4.69, 9.17) is 24.4 Å². The number of aliphatic hydroxyl groups is 1. The van der Waals surface area contributed by atoms with Gasteiger partial charge < -0.3 is 40.1 Å². The highest BCUT2D eigenvalue weighted by atomic mass is 16.6. The third-order valence-corrected chi connectivity index (χ3v) is 8.05. The number of furan rings is 1. The lowest BCUT2D eigenvalue weighted by molar-refractivity contribution is -0.120. The number of rotatable bonds is 7. The topological polar surface area (TPSA) is 179 Å². The maximum atomic E-state index is 13.8. The summed E-state index contributed by atoms with van der Waals surface area (Å²) in [6.45, 7) is 7.33. The van der Waals surface area contributed by atoms with E-state index >= 15 is 0 Å². The minimum atomic E-state index is -1.00. The molecule has 6 atom stereocenters. The quantitative estimate of drug-likeness (QED) is 0.256. The van der Waals surface area contributed by atoms with Crippen molar-refractivity contribution in [3.8, 4) is 0 Å². The third kappa shape index (κ3) is 9.62. The van der Waals surface area contributed by atoms with Gasteiger partial charge in [0.25, 0.3) is 5.91 Å². The number of Topliss-reactive ketones (excluding diaryl/α,β-unsaturated/α-hetero) is 1. The van der Waals surface area contributed by atoms with Gasteiger partial charge in [-0.1, -0.05) is 38.2 Å². The Hall–Kier alpha value is -4.26. The molecule has 1 aromatic rings. The van der Waals surface area contributed by atoms with Crippen LogP contribution in [0.25, 0.3) is 0 Å². The summed E-state index contributed by atoms with van der Waals surface area (Å²) in [7, 11) is 2.93. The number of allylic oxidation sites excluding steroid dienone is 4. The van der Waals surface area contributed by atoms with Gasteiger partial charge in [0, 0.05) is 50.3 Å². The SMILES string of the molecule is CO[C@H]1/C=C\C=C(/C)C(=O)NC2=CC(=O)C(NCCc3ccco3)=C(C[C@@H](C)C[C@H](OC)[C@H](O)[C@@H](C)/C=C(\C)[C@H]1OC(N)=O)C2=O. The van der Waals surface area contributed by atoms with Crippen molar-refractivity contribution in [2.45, 2.75) is 71.4 Å². The van der Waals surface area contributed by atoms with Crippen LogP contribution in [-0.2, 0) is 35.0 Å². The number of nitrogens with one attached hydrogen (secondary N) is 2. The zero-order valence-corrected chi connectivity index (χ0v) is 27.2. The molecule has 2 aliphatic rings. The molecule has 3 rings (SSSR count). The molecule has 0 spiro atoms. The molecule has 0 aromatic carbocycles. The first-order valence-corrected chi connectivity index (χ1v) is 15.2. The zero-order chi connectivity index (χ0) is 34.0. The van der Waals surface area contributed by atoms with E-state index in [2.05, 4.69) is 10.6 Å². The van der Waals surface area contributed by atoms with Crippen molar-refractivity contribution in [3.63, 3.8) is 0 Å². The Kier molecular flexibility index (Phi) is 13.3. The molecule has 0 unspecified atom stereocenters. The van der Waals surface area contributed by atoms with Crippen molar-refractivity contribution in [1.29, 1.82) is 0 Å². The lowest BCUT2D eigenvalue weighted by atomic mass is 9.85. The molecular formula is C34H45N3O9. The largest absolute Gasteiger partial charge is 0.469 e. The smallest absolute Gasteiger partial charge is 0.405 e. The average molecular weight is 640 g/mol. The second kappa shape index (κ2) is 16.9. The first-order valence-electron chi connectivity index (χ1n) is 15.2. The second-order valence-corrected chi connectivity index (χ2v) is 11.7. The maximum Gasteiger partial charge on any atom is 0.405 e. The summed E-state index contributed by atoms with van der Waals surface area (Å²) in [4.78, 5) is 52.0. The number of amides is 2. The van der Waals surface area contributed by atoms with Crippen LogP contribution in [0.1, 0.15) is 46.3 Å². The summed E-state index contributed by atoms with van der Waals surface area (Å²) in [6, 6.07) is 3.59. The van der Waals surface area contributed by atoms with Gasteiger partial charge in [0.05, 0.1) is 29.9 Å². The van der Waals surface area contributed by atoms with Gasteiger partial charge in [-0.05, 0) is 50.3 Å². The number of primary amides is 1. The average Bonchev–Trinajstić information content (AvgIpc) is 3.53. The van der Waals surface area contributed by atoms with Crippen LogP contribution in [0, 0.1) is 11.8 Å². The molecular weight excluding hydrogens is 594 g/mol. The Morgan fingerprint density at radius 2 is 1.91 bits per heavy atom. The standard InChI is InChI=1S/C34H45N3O9/c1-19-15-24-29(36-13-12-23-10-8-14-45-23)26(38)18-25(31(24)40)37-33(41)20(2)9-7-11-27(43-5)32(46-34(35)42)22(4)17-21(3)30(39)28(16-19)44-6/h7-11,14,17-19,21,27-28,30,32,36,39H,12-13,15-16H2,1-6H3,(H2,35,42)(H,37,41)/b11-7-,20-9+,22-17+/t19-,21+,27+,28+,30-,32-/m1/s1. The number of hydrogen-bond donors (Lipinski definition) is 4. The number of ether oxygens (including phenoxy) is 3. The van der Waals surface area contributed by atoms with Gasteiger partial charge in [0.1, 0.15) is 11.9 Å². The van der Waals surface area contributed by atoms with Crippen LogP contribution in [0.4, 0.5) is 4.79 Å². The molecule has 12 heteroatoms. The van der Waals surface area contributed by atoms with Gasteiger partial charge in [0.15, 0.2) is 6.10 Å². The summed E-state index contributed by atoms with van der Waals surface area (Å²) in [5.41, 5.74) is 6.45. The number of nitrogens with two attached hydrogens (primary N) is 1. The van der Waals surface area contributed by atoms with Crippen molar-refractivity contribution in [2.75, 3.05) is 20.8 Å². The van der Waals surface area contributed by atoms with Gasteiger partial charge in [-0.15, -0.1) is 0 Å². The maximum absolute atomic E-state index is 13.8. The van der Waals surface area contributed by atoms with Crippen LogP contribution in [0.15, 0.2) is 81.3 Å².